The molecule has 1 aliphatic carbocycles. The summed E-state index contributed by atoms with van der Waals surface area (Å²) >= 11 is 1.57. The summed E-state index contributed by atoms with van der Waals surface area (Å²) in [5.74, 6) is 3.45. The van der Waals surface area contributed by atoms with E-state index in [0.29, 0.717) is 36.2 Å². The largest absolute Gasteiger partial charge is 0.477 e. The van der Waals surface area contributed by atoms with Gasteiger partial charge in [0.2, 0.25) is 11.8 Å². The number of nitrogens with two attached hydrogens (primary N) is 1. The van der Waals surface area contributed by atoms with Crippen molar-refractivity contribution in [3.05, 3.63) is 65.2 Å². The molecule has 0 spiro atoms. The number of benzene rings is 2. The zero-order valence-electron chi connectivity index (χ0n) is 23.5. The Morgan fingerprint density at radius 1 is 1.03 bits per heavy atom. The summed E-state index contributed by atoms with van der Waals surface area (Å²) < 4.78 is 10.0. The zero-order chi connectivity index (χ0) is 26.9. The van der Waals surface area contributed by atoms with E-state index < -0.39 is 0 Å². The van der Waals surface area contributed by atoms with Crippen molar-refractivity contribution < 1.29 is 4.74 Å². The number of nitrogens with one attached hydrogen (secondary N) is 1. The van der Waals surface area contributed by atoms with Crippen LogP contribution >= 0.6 is 11.9 Å². The number of nitrogens with zero attached hydrogens (tertiary/aromatic N) is 2. The average molecular weight is 531 g/mol. The molecule has 5 nitrogen and oxygen atoms in total. The number of anilines is 1. The fourth-order valence-corrected chi connectivity index (χ4v) is 7.17. The number of fused-ring (bicyclic) bond motifs is 4. The van der Waals surface area contributed by atoms with Crippen LogP contribution in [0, 0.1) is 37.0 Å². The van der Waals surface area contributed by atoms with E-state index in [4.69, 9.17) is 20.4 Å². The Morgan fingerprint density at radius 2 is 1.76 bits per heavy atom. The highest BCUT2D eigenvalue weighted by Crippen LogP contribution is 2.50. The van der Waals surface area contributed by atoms with Crippen LogP contribution in [0.4, 0.5) is 5.95 Å². The molecule has 5 rings (SSSR count). The van der Waals surface area contributed by atoms with E-state index in [1.165, 1.54) is 34.4 Å². The Morgan fingerprint density at radius 3 is 2.47 bits per heavy atom. The second kappa shape index (κ2) is 11.3. The fraction of sp³-hybridized carbons (Fsp3) is 0.500. The van der Waals surface area contributed by atoms with Crippen LogP contribution in [0.15, 0.2) is 53.4 Å². The van der Waals surface area contributed by atoms with Gasteiger partial charge in [-0.2, -0.15) is 4.98 Å². The van der Waals surface area contributed by atoms with Crippen LogP contribution in [-0.2, 0) is 0 Å². The SMILES string of the molecule is Cc1cccc(C)c1-c1cc2nc(n1)NSc1cccc(c1)C(C1CC(CCN)C1)C(CC(C)(C)C)CO2. The number of hydrogen-bond acceptors (Lipinski definition) is 6. The van der Waals surface area contributed by atoms with Gasteiger partial charge in [-0.15, -0.1) is 0 Å². The van der Waals surface area contributed by atoms with Gasteiger partial charge in [0, 0.05) is 22.4 Å². The van der Waals surface area contributed by atoms with Crippen LogP contribution in [0.2, 0.25) is 0 Å². The Hall–Kier alpha value is -2.57. The van der Waals surface area contributed by atoms with E-state index in [1.54, 1.807) is 11.9 Å². The fourth-order valence-electron chi connectivity index (χ4n) is 6.53. The molecule has 202 valence electrons. The molecule has 38 heavy (non-hydrogen) atoms. The van der Waals surface area contributed by atoms with Crippen LogP contribution in [0.3, 0.4) is 0 Å². The molecule has 1 saturated carbocycles. The van der Waals surface area contributed by atoms with Crippen molar-refractivity contribution in [2.24, 2.45) is 28.9 Å². The lowest BCUT2D eigenvalue weighted by molar-refractivity contribution is 0.0802. The molecule has 2 unspecified atom stereocenters. The molecule has 2 aromatic carbocycles. The predicted octanol–water partition coefficient (Wildman–Crippen LogP) is 7.78. The van der Waals surface area contributed by atoms with Crippen molar-refractivity contribution >= 4 is 17.9 Å². The normalized spacial score (nSPS) is 23.3. The van der Waals surface area contributed by atoms with Gasteiger partial charge in [-0.1, -0.05) is 51.1 Å². The summed E-state index contributed by atoms with van der Waals surface area (Å²) in [4.78, 5) is 10.9. The first-order chi connectivity index (χ1) is 18.2. The van der Waals surface area contributed by atoms with Gasteiger partial charge in [0.1, 0.15) is 0 Å². The summed E-state index contributed by atoms with van der Waals surface area (Å²) in [5.41, 5.74) is 12.0. The molecule has 0 radical (unpaired) electrons. The van der Waals surface area contributed by atoms with Crippen molar-refractivity contribution in [1.29, 1.82) is 0 Å². The summed E-state index contributed by atoms with van der Waals surface area (Å²) in [7, 11) is 0. The molecule has 1 fully saturated rings. The Kier molecular flexibility index (Phi) is 8.01. The minimum Gasteiger partial charge on any atom is -0.477 e. The highest BCUT2D eigenvalue weighted by atomic mass is 32.2. The maximum absolute atomic E-state index is 6.59. The molecule has 1 aromatic heterocycles. The lowest BCUT2D eigenvalue weighted by Gasteiger charge is -2.45. The van der Waals surface area contributed by atoms with Crippen molar-refractivity contribution in [2.75, 3.05) is 17.9 Å². The second-order valence-electron chi connectivity index (χ2n) is 12.5. The average Bonchev–Trinajstić information content (AvgIpc) is 2.83. The van der Waals surface area contributed by atoms with Crippen LogP contribution in [0.5, 0.6) is 5.88 Å². The van der Waals surface area contributed by atoms with Crippen LogP contribution in [0.1, 0.15) is 69.1 Å². The number of hydrogen-bond donors (Lipinski definition) is 2. The Labute approximate surface area is 232 Å². The lowest BCUT2D eigenvalue weighted by Crippen LogP contribution is -2.37. The lowest BCUT2D eigenvalue weighted by atomic mass is 9.60. The highest BCUT2D eigenvalue weighted by Gasteiger charge is 2.40. The number of rotatable bonds is 5. The molecule has 0 amide bonds. The van der Waals surface area contributed by atoms with Gasteiger partial charge in [0.15, 0.2) is 0 Å². The Bertz CT molecular complexity index is 1240. The topological polar surface area (TPSA) is 73.1 Å². The third-order valence-corrected chi connectivity index (χ3v) is 8.90. The third-order valence-electron chi connectivity index (χ3n) is 8.13. The van der Waals surface area contributed by atoms with Crippen LogP contribution in [0.25, 0.3) is 11.3 Å². The summed E-state index contributed by atoms with van der Waals surface area (Å²) in [6.07, 6.45) is 4.74. The van der Waals surface area contributed by atoms with E-state index in [-0.39, 0.29) is 5.41 Å². The van der Waals surface area contributed by atoms with Crippen molar-refractivity contribution in [3.63, 3.8) is 0 Å². The van der Waals surface area contributed by atoms with Gasteiger partial charge in [0.05, 0.1) is 12.3 Å². The van der Waals surface area contributed by atoms with Crippen LogP contribution < -0.4 is 15.2 Å². The first-order valence-corrected chi connectivity index (χ1v) is 14.8. The molecule has 0 saturated heterocycles. The molecule has 4 bridgehead atoms. The second-order valence-corrected chi connectivity index (χ2v) is 13.4. The third kappa shape index (κ3) is 6.18. The molecule has 3 N–H and O–H groups in total. The smallest absolute Gasteiger partial charge is 0.237 e. The molecular weight excluding hydrogens is 488 g/mol. The van der Waals surface area contributed by atoms with E-state index in [9.17, 15) is 0 Å². The molecule has 2 aliphatic rings. The molecule has 6 heteroatoms. The quantitative estimate of drug-likeness (QED) is 0.328. The number of ether oxygens (including phenoxy) is 1. The van der Waals surface area contributed by atoms with E-state index in [0.717, 1.165) is 36.6 Å². The van der Waals surface area contributed by atoms with E-state index >= 15 is 0 Å². The highest BCUT2D eigenvalue weighted by molar-refractivity contribution is 8.00. The summed E-state index contributed by atoms with van der Waals surface area (Å²) in [5, 5.41) is 0. The molecule has 3 aromatic rings. The first kappa shape index (κ1) is 27.0. The van der Waals surface area contributed by atoms with Crippen molar-refractivity contribution in [1.82, 2.24) is 9.97 Å². The Balaban J connectivity index is 1.54. The van der Waals surface area contributed by atoms with Gasteiger partial charge in [-0.05, 0) is 110 Å². The summed E-state index contributed by atoms with van der Waals surface area (Å²) in [6.45, 7) is 12.7. The standard InChI is InChI=1S/C32H42N4OS/c1-20-8-6-9-21(2)29(20)27-17-28-35-31(34-27)36-38-26-11-7-10-23(16-26)30(24-14-22(15-24)12-13-33)25(19-37-28)18-32(3,4)5/h6-11,16-17,22,24-25,30H,12-15,18-19,33H2,1-5H3,(H,34,35,36). The van der Waals surface area contributed by atoms with Gasteiger partial charge in [-0.3, -0.25) is 4.72 Å². The van der Waals surface area contributed by atoms with Crippen molar-refractivity contribution in [3.8, 4) is 17.1 Å². The zero-order valence-corrected chi connectivity index (χ0v) is 24.3. The minimum atomic E-state index is 0.192. The summed E-state index contributed by atoms with van der Waals surface area (Å²) in [6, 6.07) is 17.4. The monoisotopic (exact) mass is 530 g/mol. The molecule has 1 aliphatic heterocycles. The van der Waals surface area contributed by atoms with E-state index in [2.05, 4.69) is 81.8 Å². The van der Waals surface area contributed by atoms with Gasteiger partial charge in [-0.25, -0.2) is 4.98 Å². The number of aromatic nitrogens is 2. The van der Waals surface area contributed by atoms with Crippen LogP contribution in [-0.4, -0.2) is 23.1 Å². The van der Waals surface area contributed by atoms with Gasteiger partial charge in [0.25, 0.3) is 0 Å². The molecule has 2 atom stereocenters. The maximum Gasteiger partial charge on any atom is 0.237 e. The first-order valence-electron chi connectivity index (χ1n) is 14.0. The van der Waals surface area contributed by atoms with Gasteiger partial charge >= 0.3 is 0 Å². The molecule has 2 heterocycles. The van der Waals surface area contributed by atoms with Gasteiger partial charge < -0.3 is 10.5 Å². The van der Waals surface area contributed by atoms with Crippen molar-refractivity contribution in [2.45, 2.75) is 71.1 Å². The number of aryl methyl sites for hydroxylation is 2. The van der Waals surface area contributed by atoms with E-state index in [1.807, 2.05) is 6.07 Å². The predicted molar refractivity (Wildman–Crippen MR) is 159 cm³/mol. The minimum absolute atomic E-state index is 0.192. The maximum atomic E-state index is 6.59. The molecular formula is C32H42N4OS.